The second-order valence-electron chi connectivity index (χ2n) is 7.13. The first-order valence-corrected chi connectivity index (χ1v) is 11.1. The molecule has 0 atom stereocenters. The largest absolute Gasteiger partial charge is 0.460 e. The van der Waals surface area contributed by atoms with Crippen LogP contribution >= 0.6 is 11.6 Å². The number of carbonyl (C=O) groups is 1. The lowest BCUT2D eigenvalue weighted by Gasteiger charge is -2.04. The standard InChI is InChI=1S/C22H37ClO3/c1-2-3-4-5-6-7-8-9-10-11-12-13-14-15-18-25-22(24)21-17-16-20(19-23)26-21/h16-17H,2-15,18-19H2,1H3. The fourth-order valence-corrected chi connectivity index (χ4v) is 3.24. The van der Waals surface area contributed by atoms with Gasteiger partial charge in [-0.2, -0.15) is 0 Å². The monoisotopic (exact) mass is 384 g/mol. The van der Waals surface area contributed by atoms with Crippen molar-refractivity contribution in [3.63, 3.8) is 0 Å². The number of rotatable bonds is 17. The summed E-state index contributed by atoms with van der Waals surface area (Å²) < 4.78 is 10.5. The molecule has 0 aliphatic carbocycles. The summed E-state index contributed by atoms with van der Waals surface area (Å²) in [6.45, 7) is 2.74. The maximum absolute atomic E-state index is 11.7. The van der Waals surface area contributed by atoms with Crippen LogP contribution in [-0.4, -0.2) is 12.6 Å². The Labute approximate surface area is 164 Å². The first-order valence-electron chi connectivity index (χ1n) is 10.6. The minimum absolute atomic E-state index is 0.242. The summed E-state index contributed by atoms with van der Waals surface area (Å²) in [7, 11) is 0. The molecule has 1 aromatic rings. The zero-order chi connectivity index (χ0) is 18.9. The molecule has 0 fully saturated rings. The third-order valence-corrected chi connectivity index (χ3v) is 4.99. The Balaban J connectivity index is 1.81. The van der Waals surface area contributed by atoms with Crippen molar-refractivity contribution in [2.45, 2.75) is 103 Å². The smallest absolute Gasteiger partial charge is 0.374 e. The van der Waals surface area contributed by atoms with Crippen molar-refractivity contribution in [2.75, 3.05) is 6.61 Å². The number of hydrogen-bond donors (Lipinski definition) is 0. The summed E-state index contributed by atoms with van der Waals surface area (Å²) in [5.41, 5.74) is 0. The lowest BCUT2D eigenvalue weighted by molar-refractivity contribution is 0.0460. The zero-order valence-electron chi connectivity index (χ0n) is 16.6. The molecule has 26 heavy (non-hydrogen) atoms. The second kappa shape index (κ2) is 16.2. The van der Waals surface area contributed by atoms with Gasteiger partial charge in [-0.05, 0) is 18.6 Å². The van der Waals surface area contributed by atoms with E-state index in [-0.39, 0.29) is 11.6 Å². The van der Waals surface area contributed by atoms with Gasteiger partial charge in [0.05, 0.1) is 12.5 Å². The maximum atomic E-state index is 11.7. The van der Waals surface area contributed by atoms with E-state index >= 15 is 0 Å². The molecule has 1 heterocycles. The Bertz CT molecular complexity index is 456. The van der Waals surface area contributed by atoms with Crippen LogP contribution in [0.3, 0.4) is 0 Å². The number of ether oxygens (including phenoxy) is 1. The van der Waals surface area contributed by atoms with Crippen molar-refractivity contribution in [1.29, 1.82) is 0 Å². The van der Waals surface area contributed by atoms with Gasteiger partial charge in [0.25, 0.3) is 0 Å². The van der Waals surface area contributed by atoms with Crippen molar-refractivity contribution in [2.24, 2.45) is 0 Å². The molecule has 0 aliphatic rings. The molecule has 0 bridgehead atoms. The van der Waals surface area contributed by atoms with Crippen LogP contribution in [0, 0.1) is 0 Å². The van der Waals surface area contributed by atoms with Gasteiger partial charge in [0, 0.05) is 0 Å². The third-order valence-electron chi connectivity index (χ3n) is 4.73. The molecule has 0 N–H and O–H groups in total. The summed E-state index contributed by atoms with van der Waals surface area (Å²) in [5.74, 6) is 0.712. The molecule has 0 aliphatic heterocycles. The van der Waals surface area contributed by atoms with E-state index in [2.05, 4.69) is 6.92 Å². The molecule has 1 rings (SSSR count). The van der Waals surface area contributed by atoms with E-state index < -0.39 is 5.97 Å². The van der Waals surface area contributed by atoms with Gasteiger partial charge in [-0.15, -0.1) is 11.6 Å². The quantitative estimate of drug-likeness (QED) is 0.157. The highest BCUT2D eigenvalue weighted by atomic mass is 35.5. The average molecular weight is 385 g/mol. The van der Waals surface area contributed by atoms with Gasteiger partial charge in [-0.1, -0.05) is 90.4 Å². The summed E-state index contributed by atoms with van der Waals surface area (Å²) in [5, 5.41) is 0. The van der Waals surface area contributed by atoms with Gasteiger partial charge >= 0.3 is 5.97 Å². The number of carbonyl (C=O) groups excluding carboxylic acids is 1. The average Bonchev–Trinajstić information content (AvgIpc) is 3.14. The maximum Gasteiger partial charge on any atom is 0.374 e. The number of hydrogen-bond acceptors (Lipinski definition) is 3. The number of alkyl halides is 1. The molecule has 0 spiro atoms. The molecule has 0 saturated heterocycles. The van der Waals surface area contributed by atoms with Gasteiger partial charge in [-0.3, -0.25) is 0 Å². The zero-order valence-corrected chi connectivity index (χ0v) is 17.3. The summed E-state index contributed by atoms with van der Waals surface area (Å²) >= 11 is 5.64. The van der Waals surface area contributed by atoms with Crippen LogP contribution in [0.4, 0.5) is 0 Å². The van der Waals surface area contributed by atoms with E-state index in [4.69, 9.17) is 20.8 Å². The number of unbranched alkanes of at least 4 members (excludes halogenated alkanes) is 13. The molecule has 150 valence electrons. The van der Waals surface area contributed by atoms with E-state index in [0.717, 1.165) is 12.8 Å². The lowest BCUT2D eigenvalue weighted by Crippen LogP contribution is -2.05. The first-order chi connectivity index (χ1) is 12.8. The highest BCUT2D eigenvalue weighted by molar-refractivity contribution is 6.16. The first kappa shape index (κ1) is 23.1. The summed E-state index contributed by atoms with van der Waals surface area (Å²) in [6, 6.07) is 3.32. The number of esters is 1. The molecule has 1 aromatic heterocycles. The molecule has 0 saturated carbocycles. The molecule has 0 amide bonds. The normalized spacial score (nSPS) is 11.0. The van der Waals surface area contributed by atoms with Gasteiger partial charge in [0.15, 0.2) is 0 Å². The molecule has 0 aromatic carbocycles. The fraction of sp³-hybridized carbons (Fsp3) is 0.773. The molecule has 4 heteroatoms. The minimum Gasteiger partial charge on any atom is -0.460 e. The van der Waals surface area contributed by atoms with E-state index in [0.29, 0.717) is 12.4 Å². The third kappa shape index (κ3) is 11.6. The van der Waals surface area contributed by atoms with Crippen LogP contribution in [0.1, 0.15) is 113 Å². The van der Waals surface area contributed by atoms with E-state index in [1.54, 1.807) is 12.1 Å². The minimum atomic E-state index is -0.393. The van der Waals surface area contributed by atoms with Crippen molar-refractivity contribution in [3.8, 4) is 0 Å². The fourth-order valence-electron chi connectivity index (χ4n) is 3.09. The Hall–Kier alpha value is -0.960. The van der Waals surface area contributed by atoms with Crippen molar-refractivity contribution < 1.29 is 13.9 Å². The van der Waals surface area contributed by atoms with Crippen LogP contribution in [0.2, 0.25) is 0 Å². The second-order valence-corrected chi connectivity index (χ2v) is 7.40. The van der Waals surface area contributed by atoms with Crippen LogP contribution in [0.25, 0.3) is 0 Å². The molecule has 0 radical (unpaired) electrons. The topological polar surface area (TPSA) is 39.4 Å². The Morgan fingerprint density at radius 1 is 0.846 bits per heavy atom. The van der Waals surface area contributed by atoms with Gasteiger partial charge in [0.2, 0.25) is 5.76 Å². The SMILES string of the molecule is CCCCCCCCCCCCCCCCOC(=O)c1ccc(CCl)o1. The molecule has 3 nitrogen and oxygen atoms in total. The summed E-state index contributed by atoms with van der Waals surface area (Å²) in [4.78, 5) is 11.7. The van der Waals surface area contributed by atoms with E-state index in [1.165, 1.54) is 77.0 Å². The van der Waals surface area contributed by atoms with Gasteiger partial charge < -0.3 is 9.15 Å². The highest BCUT2D eigenvalue weighted by Crippen LogP contribution is 2.14. The predicted octanol–water partition coefficient (Wildman–Crippen LogP) is 7.66. The van der Waals surface area contributed by atoms with Crippen molar-refractivity contribution in [1.82, 2.24) is 0 Å². The number of halogens is 1. The lowest BCUT2D eigenvalue weighted by atomic mass is 10.0. The molecule has 0 unspecified atom stereocenters. The summed E-state index contributed by atoms with van der Waals surface area (Å²) in [6.07, 6.45) is 18.5. The predicted molar refractivity (Wildman–Crippen MR) is 109 cm³/mol. The van der Waals surface area contributed by atoms with Crippen LogP contribution in [0.5, 0.6) is 0 Å². The van der Waals surface area contributed by atoms with Gasteiger partial charge in [0.1, 0.15) is 5.76 Å². The molecular formula is C22H37ClO3. The van der Waals surface area contributed by atoms with E-state index in [1.807, 2.05) is 0 Å². The molecular weight excluding hydrogens is 348 g/mol. The van der Waals surface area contributed by atoms with Crippen molar-refractivity contribution in [3.05, 3.63) is 23.7 Å². The van der Waals surface area contributed by atoms with Crippen molar-refractivity contribution >= 4 is 17.6 Å². The van der Waals surface area contributed by atoms with Crippen LogP contribution < -0.4 is 0 Å². The Morgan fingerprint density at radius 3 is 1.81 bits per heavy atom. The van der Waals surface area contributed by atoms with Crippen LogP contribution in [0.15, 0.2) is 16.5 Å². The Kier molecular flexibility index (Phi) is 14.4. The highest BCUT2D eigenvalue weighted by Gasteiger charge is 2.11. The Morgan fingerprint density at radius 2 is 1.35 bits per heavy atom. The van der Waals surface area contributed by atoms with Crippen LogP contribution in [-0.2, 0) is 10.6 Å². The van der Waals surface area contributed by atoms with E-state index in [9.17, 15) is 4.79 Å². The number of furan rings is 1. The van der Waals surface area contributed by atoms with Gasteiger partial charge in [-0.25, -0.2) is 4.79 Å².